The minimum absolute atomic E-state index is 0.232. The number of hydrogen-bond acceptors (Lipinski definition) is 4. The normalized spacial score (nSPS) is 18.4. The summed E-state index contributed by atoms with van der Waals surface area (Å²) in [6.07, 6.45) is 0.499. The Morgan fingerprint density at radius 1 is 1.07 bits per heavy atom. The standard InChI is InChI=1S/C21H19N3O4/c1-27-12-7-8-17(19(9-12)28-2)24-20(25)18-10-14-13-5-3-4-6-15(13)22-16(14)11-23(18)21(24)26/h3-9,18,22H,10-11H2,1-2H3/t18-/m1/s1. The number of hydrogen-bond donors (Lipinski definition) is 1. The van der Waals surface area contributed by atoms with Gasteiger partial charge in [-0.25, -0.2) is 9.69 Å². The Morgan fingerprint density at radius 2 is 1.89 bits per heavy atom. The molecule has 0 aliphatic carbocycles. The molecule has 0 radical (unpaired) electrons. The summed E-state index contributed by atoms with van der Waals surface area (Å²) < 4.78 is 10.6. The highest BCUT2D eigenvalue weighted by molar-refractivity contribution is 6.22. The van der Waals surface area contributed by atoms with E-state index in [1.54, 1.807) is 30.2 Å². The fraction of sp³-hybridized carbons (Fsp3) is 0.238. The quantitative estimate of drug-likeness (QED) is 0.712. The van der Waals surface area contributed by atoms with E-state index >= 15 is 0 Å². The first-order valence-electron chi connectivity index (χ1n) is 9.07. The number of carbonyl (C=O) groups excluding carboxylic acids is 2. The third kappa shape index (κ3) is 2.22. The van der Waals surface area contributed by atoms with Gasteiger partial charge in [-0.15, -0.1) is 0 Å². The van der Waals surface area contributed by atoms with E-state index in [0.717, 1.165) is 22.2 Å². The number of aromatic amines is 1. The third-order valence-corrected chi connectivity index (χ3v) is 5.57. The molecule has 3 heterocycles. The molecule has 0 unspecified atom stereocenters. The van der Waals surface area contributed by atoms with Crippen molar-refractivity contribution in [2.45, 2.75) is 19.0 Å². The minimum Gasteiger partial charge on any atom is -0.497 e. The second-order valence-corrected chi connectivity index (χ2v) is 6.97. The van der Waals surface area contributed by atoms with E-state index in [0.29, 0.717) is 30.2 Å². The van der Waals surface area contributed by atoms with E-state index in [1.165, 1.54) is 12.0 Å². The van der Waals surface area contributed by atoms with Crippen LogP contribution in [0.25, 0.3) is 10.9 Å². The van der Waals surface area contributed by atoms with Crippen molar-refractivity contribution >= 4 is 28.5 Å². The summed E-state index contributed by atoms with van der Waals surface area (Å²) in [4.78, 5) is 32.6. The molecule has 0 saturated carbocycles. The smallest absolute Gasteiger partial charge is 0.332 e. The number of imide groups is 1. The SMILES string of the molecule is COc1ccc(N2C(=O)[C@H]3Cc4c([nH]c5ccccc45)CN3C2=O)c(OC)c1. The van der Waals surface area contributed by atoms with Crippen LogP contribution in [0, 0.1) is 0 Å². The van der Waals surface area contributed by atoms with E-state index in [1.807, 2.05) is 24.3 Å². The number of amides is 3. The molecule has 28 heavy (non-hydrogen) atoms. The number of urea groups is 1. The molecule has 7 nitrogen and oxygen atoms in total. The molecule has 2 aliphatic rings. The second kappa shape index (κ2) is 6.02. The lowest BCUT2D eigenvalue weighted by Crippen LogP contribution is -2.39. The van der Waals surface area contributed by atoms with Crippen molar-refractivity contribution in [3.8, 4) is 11.5 Å². The Hall–Kier alpha value is -3.48. The summed E-state index contributed by atoms with van der Waals surface area (Å²) in [6.45, 7) is 0.383. The molecule has 1 N–H and O–H groups in total. The van der Waals surface area contributed by atoms with Crippen molar-refractivity contribution < 1.29 is 19.1 Å². The van der Waals surface area contributed by atoms with Gasteiger partial charge >= 0.3 is 6.03 Å². The van der Waals surface area contributed by atoms with Crippen LogP contribution in [0.15, 0.2) is 42.5 Å². The highest BCUT2D eigenvalue weighted by atomic mass is 16.5. The molecule has 1 aromatic heterocycles. The summed E-state index contributed by atoms with van der Waals surface area (Å²) in [5, 5.41) is 1.11. The zero-order valence-electron chi connectivity index (χ0n) is 15.6. The zero-order valence-corrected chi connectivity index (χ0v) is 15.6. The average Bonchev–Trinajstić information content (AvgIpc) is 3.21. The highest BCUT2D eigenvalue weighted by Gasteiger charge is 2.49. The largest absolute Gasteiger partial charge is 0.497 e. The van der Waals surface area contributed by atoms with E-state index in [-0.39, 0.29) is 11.9 Å². The lowest BCUT2D eigenvalue weighted by Gasteiger charge is -2.26. The topological polar surface area (TPSA) is 74.9 Å². The summed E-state index contributed by atoms with van der Waals surface area (Å²) in [5.74, 6) is 0.785. The maximum Gasteiger partial charge on any atom is 0.332 e. The lowest BCUT2D eigenvalue weighted by molar-refractivity contribution is -0.120. The Bertz CT molecular complexity index is 1120. The van der Waals surface area contributed by atoms with Gasteiger partial charge in [-0.2, -0.15) is 0 Å². The van der Waals surface area contributed by atoms with Crippen molar-refractivity contribution in [2.24, 2.45) is 0 Å². The van der Waals surface area contributed by atoms with E-state index in [9.17, 15) is 9.59 Å². The predicted octanol–water partition coefficient (Wildman–Crippen LogP) is 3.08. The number of rotatable bonds is 3. The molecule has 1 atom stereocenters. The molecule has 3 amide bonds. The first kappa shape index (κ1) is 16.7. The van der Waals surface area contributed by atoms with Gasteiger partial charge in [0.05, 0.1) is 26.5 Å². The Balaban J connectivity index is 1.54. The van der Waals surface area contributed by atoms with Crippen LogP contribution in [0.5, 0.6) is 11.5 Å². The van der Waals surface area contributed by atoms with Crippen LogP contribution >= 0.6 is 0 Å². The monoisotopic (exact) mass is 377 g/mol. The number of methoxy groups -OCH3 is 2. The summed E-state index contributed by atoms with van der Waals surface area (Å²) in [6, 6.07) is 12.2. The van der Waals surface area contributed by atoms with Crippen molar-refractivity contribution in [3.63, 3.8) is 0 Å². The number of nitrogens with zero attached hydrogens (tertiary/aromatic N) is 2. The van der Waals surface area contributed by atoms with E-state index in [2.05, 4.69) is 4.98 Å². The maximum absolute atomic E-state index is 13.2. The van der Waals surface area contributed by atoms with Crippen LogP contribution in [0.2, 0.25) is 0 Å². The maximum atomic E-state index is 13.2. The number of benzene rings is 2. The van der Waals surface area contributed by atoms with Gasteiger partial charge in [0.15, 0.2) is 0 Å². The fourth-order valence-electron chi connectivity index (χ4n) is 4.19. The molecule has 3 aromatic rings. The van der Waals surface area contributed by atoms with E-state index < -0.39 is 6.04 Å². The van der Waals surface area contributed by atoms with Crippen LogP contribution < -0.4 is 14.4 Å². The molecule has 2 aromatic carbocycles. The number of anilines is 1. The number of H-pyrrole nitrogens is 1. The van der Waals surface area contributed by atoms with Gasteiger partial charge in [0.2, 0.25) is 0 Å². The van der Waals surface area contributed by atoms with Gasteiger partial charge in [-0.05, 0) is 23.8 Å². The molecule has 0 bridgehead atoms. The fourth-order valence-corrected chi connectivity index (χ4v) is 4.19. The molecule has 2 aliphatic heterocycles. The lowest BCUT2D eigenvalue weighted by atomic mass is 9.97. The number of fused-ring (bicyclic) bond motifs is 4. The van der Waals surface area contributed by atoms with Crippen molar-refractivity contribution in [1.82, 2.24) is 9.88 Å². The first-order valence-corrected chi connectivity index (χ1v) is 9.07. The highest BCUT2D eigenvalue weighted by Crippen LogP contribution is 2.39. The molecular formula is C21H19N3O4. The van der Waals surface area contributed by atoms with Crippen molar-refractivity contribution in [3.05, 3.63) is 53.7 Å². The molecule has 1 saturated heterocycles. The Morgan fingerprint density at radius 3 is 2.68 bits per heavy atom. The van der Waals surface area contributed by atoms with Gasteiger partial charge in [0.25, 0.3) is 5.91 Å². The summed E-state index contributed by atoms with van der Waals surface area (Å²) in [5.41, 5.74) is 3.56. The van der Waals surface area contributed by atoms with Crippen LogP contribution in [-0.4, -0.2) is 42.1 Å². The molecule has 0 spiro atoms. The molecular weight excluding hydrogens is 358 g/mol. The zero-order chi connectivity index (χ0) is 19.4. The first-order chi connectivity index (χ1) is 13.6. The molecule has 142 valence electrons. The molecule has 1 fully saturated rings. The van der Waals surface area contributed by atoms with Gasteiger partial charge in [0, 0.05) is 29.1 Å². The number of para-hydroxylation sites is 1. The van der Waals surface area contributed by atoms with Crippen LogP contribution in [-0.2, 0) is 17.8 Å². The molecule has 7 heteroatoms. The number of aromatic nitrogens is 1. The van der Waals surface area contributed by atoms with Gasteiger partial charge in [0.1, 0.15) is 17.5 Å². The Labute approximate surface area is 161 Å². The summed E-state index contributed by atoms with van der Waals surface area (Å²) >= 11 is 0. The van der Waals surface area contributed by atoms with Gasteiger partial charge < -0.3 is 19.4 Å². The number of nitrogens with one attached hydrogen (secondary N) is 1. The van der Waals surface area contributed by atoms with Gasteiger partial charge in [-0.3, -0.25) is 4.79 Å². The van der Waals surface area contributed by atoms with Crippen LogP contribution in [0.3, 0.4) is 0 Å². The Kier molecular flexibility index (Phi) is 3.58. The van der Waals surface area contributed by atoms with Gasteiger partial charge in [-0.1, -0.05) is 18.2 Å². The van der Waals surface area contributed by atoms with Crippen LogP contribution in [0.1, 0.15) is 11.3 Å². The van der Waals surface area contributed by atoms with Crippen molar-refractivity contribution in [2.75, 3.05) is 19.1 Å². The average molecular weight is 377 g/mol. The third-order valence-electron chi connectivity index (χ3n) is 5.57. The second-order valence-electron chi connectivity index (χ2n) is 6.97. The predicted molar refractivity (Wildman–Crippen MR) is 104 cm³/mol. The van der Waals surface area contributed by atoms with Crippen LogP contribution in [0.4, 0.5) is 10.5 Å². The summed E-state index contributed by atoms with van der Waals surface area (Å²) in [7, 11) is 3.06. The number of carbonyl (C=O) groups is 2. The minimum atomic E-state index is -0.508. The number of ether oxygens (including phenoxy) is 2. The van der Waals surface area contributed by atoms with Crippen molar-refractivity contribution in [1.29, 1.82) is 0 Å². The van der Waals surface area contributed by atoms with E-state index in [4.69, 9.17) is 9.47 Å². The molecule has 5 rings (SSSR count).